The quantitative estimate of drug-likeness (QED) is 0.650. The summed E-state index contributed by atoms with van der Waals surface area (Å²) in [5.74, 6) is -1.14. The van der Waals surface area contributed by atoms with Gasteiger partial charge in [-0.15, -0.1) is 0 Å². The lowest BCUT2D eigenvalue weighted by Crippen LogP contribution is -2.55. The van der Waals surface area contributed by atoms with Crippen LogP contribution in [-0.2, 0) is 24.3 Å². The average Bonchev–Trinajstić information content (AvgIpc) is 2.67. The molecular weight excluding hydrogens is 394 g/mol. The lowest BCUT2D eigenvalue weighted by Gasteiger charge is -2.35. The van der Waals surface area contributed by atoms with E-state index < -0.39 is 21.8 Å². The molecule has 0 bridgehead atoms. The van der Waals surface area contributed by atoms with Crippen molar-refractivity contribution < 1.29 is 22.7 Å². The molecular formula is C17H22ClN3O5S. The fourth-order valence-electron chi connectivity index (χ4n) is 3.21. The minimum atomic E-state index is -3.67. The Morgan fingerprint density at radius 2 is 1.52 bits per heavy atom. The van der Waals surface area contributed by atoms with E-state index in [-0.39, 0.29) is 31.1 Å². The van der Waals surface area contributed by atoms with E-state index in [1.165, 1.54) is 20.2 Å². The summed E-state index contributed by atoms with van der Waals surface area (Å²) in [6.45, 7) is 3.99. The number of carbonyl (C=O) groups excluding carboxylic acids is 2. The number of sulfonamides is 1. The van der Waals surface area contributed by atoms with E-state index in [1.807, 2.05) is 0 Å². The molecule has 1 aromatic carbocycles. The highest BCUT2D eigenvalue weighted by atomic mass is 35.5. The molecule has 3 rings (SSSR count). The SMILES string of the molecule is Cc1cc(Cl)ccc1S(=O)(=O)N1CCN(C(=O)C(=O)N2CCOCC2)CC1. The molecule has 0 atom stereocenters. The van der Waals surface area contributed by atoms with Crippen LogP contribution in [0.15, 0.2) is 23.1 Å². The Morgan fingerprint density at radius 1 is 0.963 bits per heavy atom. The molecule has 0 spiro atoms. The van der Waals surface area contributed by atoms with E-state index >= 15 is 0 Å². The topological polar surface area (TPSA) is 87.2 Å². The molecule has 0 saturated carbocycles. The van der Waals surface area contributed by atoms with Crippen LogP contribution in [0.25, 0.3) is 0 Å². The molecule has 148 valence electrons. The number of nitrogens with zero attached hydrogens (tertiary/aromatic N) is 3. The van der Waals surface area contributed by atoms with Crippen molar-refractivity contribution in [3.05, 3.63) is 28.8 Å². The van der Waals surface area contributed by atoms with Crippen LogP contribution in [0.5, 0.6) is 0 Å². The highest BCUT2D eigenvalue weighted by molar-refractivity contribution is 7.89. The number of aryl methyl sites for hydroxylation is 1. The third kappa shape index (κ3) is 4.26. The maximum absolute atomic E-state index is 12.9. The van der Waals surface area contributed by atoms with Crippen molar-refractivity contribution in [3.8, 4) is 0 Å². The number of piperazine rings is 1. The molecule has 0 aliphatic carbocycles. The predicted octanol–water partition coefficient (Wildman–Crippen LogP) is 0.340. The molecule has 2 aliphatic heterocycles. The number of ether oxygens (including phenoxy) is 1. The van der Waals surface area contributed by atoms with Gasteiger partial charge in [0.1, 0.15) is 0 Å². The molecule has 0 aromatic heterocycles. The summed E-state index contributed by atoms with van der Waals surface area (Å²) < 4.78 is 32.3. The van der Waals surface area contributed by atoms with E-state index in [1.54, 1.807) is 19.1 Å². The second kappa shape index (κ2) is 8.14. The third-order valence-corrected chi connectivity index (χ3v) is 7.06. The van der Waals surface area contributed by atoms with Crippen LogP contribution in [0.2, 0.25) is 5.02 Å². The van der Waals surface area contributed by atoms with Gasteiger partial charge in [0.05, 0.1) is 18.1 Å². The number of hydrogen-bond acceptors (Lipinski definition) is 5. The zero-order valence-electron chi connectivity index (χ0n) is 15.1. The number of benzene rings is 1. The van der Waals surface area contributed by atoms with Crippen LogP contribution in [-0.4, -0.2) is 86.8 Å². The standard InChI is InChI=1S/C17H22ClN3O5S/c1-13-12-14(18)2-3-15(13)27(24,25)21-6-4-19(5-7-21)16(22)17(23)20-8-10-26-11-9-20/h2-3,12H,4-11H2,1H3. The first-order chi connectivity index (χ1) is 12.8. The van der Waals surface area contributed by atoms with Crippen LogP contribution in [0.1, 0.15) is 5.56 Å². The monoisotopic (exact) mass is 415 g/mol. The summed E-state index contributed by atoms with van der Waals surface area (Å²) in [6.07, 6.45) is 0. The van der Waals surface area contributed by atoms with E-state index in [0.717, 1.165) is 0 Å². The molecule has 0 unspecified atom stereocenters. The maximum atomic E-state index is 12.9. The van der Waals surface area contributed by atoms with E-state index in [0.29, 0.717) is 36.9 Å². The normalized spacial score (nSPS) is 19.2. The van der Waals surface area contributed by atoms with Gasteiger partial charge >= 0.3 is 11.8 Å². The first kappa shape index (κ1) is 20.1. The van der Waals surface area contributed by atoms with Crippen molar-refractivity contribution in [2.24, 2.45) is 0 Å². The number of carbonyl (C=O) groups is 2. The minimum Gasteiger partial charge on any atom is -0.378 e. The van der Waals surface area contributed by atoms with Gasteiger partial charge in [-0.3, -0.25) is 9.59 Å². The van der Waals surface area contributed by atoms with E-state index in [2.05, 4.69) is 0 Å². The Morgan fingerprint density at radius 3 is 2.07 bits per heavy atom. The van der Waals surface area contributed by atoms with E-state index in [4.69, 9.17) is 16.3 Å². The van der Waals surface area contributed by atoms with E-state index in [9.17, 15) is 18.0 Å². The Bertz CT molecular complexity index is 831. The lowest BCUT2D eigenvalue weighted by atomic mass is 10.2. The van der Waals surface area contributed by atoms with Crippen LogP contribution < -0.4 is 0 Å². The number of morpholine rings is 1. The fourth-order valence-corrected chi connectivity index (χ4v) is 5.06. The van der Waals surface area contributed by atoms with Crippen molar-refractivity contribution in [3.63, 3.8) is 0 Å². The number of hydrogen-bond donors (Lipinski definition) is 0. The van der Waals surface area contributed by atoms with Crippen molar-refractivity contribution in [2.75, 3.05) is 52.5 Å². The largest absolute Gasteiger partial charge is 0.378 e. The molecule has 10 heteroatoms. The third-order valence-electron chi connectivity index (χ3n) is 4.76. The number of halogens is 1. The summed E-state index contributed by atoms with van der Waals surface area (Å²) in [6, 6.07) is 4.64. The molecule has 0 radical (unpaired) electrons. The highest BCUT2D eigenvalue weighted by Crippen LogP contribution is 2.24. The van der Waals surface area contributed by atoms with Gasteiger partial charge < -0.3 is 14.5 Å². The molecule has 27 heavy (non-hydrogen) atoms. The van der Waals surface area contributed by atoms with Crippen molar-refractivity contribution >= 4 is 33.4 Å². The summed E-state index contributed by atoms with van der Waals surface area (Å²) in [5, 5.41) is 0.475. The van der Waals surface area contributed by atoms with Gasteiger partial charge in [-0.25, -0.2) is 8.42 Å². The van der Waals surface area contributed by atoms with Gasteiger partial charge in [0.25, 0.3) is 0 Å². The Labute approximate surface area is 163 Å². The molecule has 8 nitrogen and oxygen atoms in total. The zero-order valence-corrected chi connectivity index (χ0v) is 16.6. The molecule has 2 saturated heterocycles. The first-order valence-electron chi connectivity index (χ1n) is 8.73. The summed E-state index contributed by atoms with van der Waals surface area (Å²) in [5.41, 5.74) is 0.573. The van der Waals surface area contributed by atoms with Gasteiger partial charge in [-0.05, 0) is 30.7 Å². The molecule has 0 N–H and O–H groups in total. The zero-order chi connectivity index (χ0) is 19.6. The van der Waals surface area contributed by atoms with Crippen LogP contribution in [0.4, 0.5) is 0 Å². The van der Waals surface area contributed by atoms with Gasteiger partial charge in [0.15, 0.2) is 0 Å². The van der Waals surface area contributed by atoms with Crippen molar-refractivity contribution in [2.45, 2.75) is 11.8 Å². The van der Waals surface area contributed by atoms with Gasteiger partial charge in [-0.1, -0.05) is 11.6 Å². The Kier molecular flexibility index (Phi) is 6.05. The first-order valence-corrected chi connectivity index (χ1v) is 10.5. The van der Waals surface area contributed by atoms with Crippen LogP contribution in [0, 0.1) is 6.92 Å². The summed E-state index contributed by atoms with van der Waals surface area (Å²) in [4.78, 5) is 27.8. The van der Waals surface area contributed by atoms with Gasteiger partial charge in [-0.2, -0.15) is 4.31 Å². The van der Waals surface area contributed by atoms with Crippen LogP contribution in [0.3, 0.4) is 0 Å². The molecule has 2 fully saturated rings. The molecule has 2 heterocycles. The average molecular weight is 416 g/mol. The number of amides is 2. The second-order valence-corrected chi connectivity index (χ2v) is 8.85. The summed E-state index contributed by atoms with van der Waals surface area (Å²) >= 11 is 5.90. The Balaban J connectivity index is 1.64. The molecule has 2 aliphatic rings. The Hall–Kier alpha value is -1.68. The summed E-state index contributed by atoms with van der Waals surface area (Å²) in [7, 11) is -3.67. The molecule has 1 aromatic rings. The number of rotatable bonds is 2. The van der Waals surface area contributed by atoms with Gasteiger partial charge in [0, 0.05) is 44.3 Å². The lowest BCUT2D eigenvalue weighted by molar-refractivity contribution is -0.154. The fraction of sp³-hybridized carbons (Fsp3) is 0.529. The maximum Gasteiger partial charge on any atom is 0.312 e. The highest BCUT2D eigenvalue weighted by Gasteiger charge is 2.34. The molecule has 2 amide bonds. The van der Waals surface area contributed by atoms with Crippen molar-refractivity contribution in [1.29, 1.82) is 0 Å². The second-order valence-electron chi connectivity index (χ2n) is 6.51. The smallest absolute Gasteiger partial charge is 0.312 e. The van der Waals surface area contributed by atoms with Gasteiger partial charge in [0.2, 0.25) is 10.0 Å². The van der Waals surface area contributed by atoms with Crippen LogP contribution >= 0.6 is 11.6 Å². The predicted molar refractivity (Wildman–Crippen MR) is 98.9 cm³/mol. The minimum absolute atomic E-state index is 0.145. The van der Waals surface area contributed by atoms with Crippen molar-refractivity contribution in [1.82, 2.24) is 14.1 Å².